The Morgan fingerprint density at radius 2 is 2.10 bits per heavy atom. The molecule has 0 aliphatic rings. The summed E-state index contributed by atoms with van der Waals surface area (Å²) in [5.41, 5.74) is 2.50. The van der Waals surface area contributed by atoms with Gasteiger partial charge in [-0.05, 0) is 24.8 Å². The van der Waals surface area contributed by atoms with Gasteiger partial charge in [0.05, 0.1) is 11.6 Å². The third-order valence-corrected chi connectivity index (χ3v) is 4.05. The summed E-state index contributed by atoms with van der Waals surface area (Å²) >= 11 is 7.49. The van der Waals surface area contributed by atoms with Crippen molar-refractivity contribution in [1.82, 2.24) is 19.2 Å². The van der Waals surface area contributed by atoms with Crippen molar-refractivity contribution in [1.29, 1.82) is 0 Å². The minimum Gasteiger partial charge on any atom is -0.326 e. The molecule has 3 aromatic rings. The van der Waals surface area contributed by atoms with Gasteiger partial charge in [-0.3, -0.25) is 9.78 Å². The van der Waals surface area contributed by atoms with Gasteiger partial charge in [0.1, 0.15) is 10.7 Å². The lowest BCUT2D eigenvalue weighted by Gasteiger charge is -2.12. The van der Waals surface area contributed by atoms with E-state index < -0.39 is 0 Å². The van der Waals surface area contributed by atoms with E-state index >= 15 is 0 Å². The minimum absolute atomic E-state index is 0.122. The highest BCUT2D eigenvalue weighted by Gasteiger charge is 2.10. The van der Waals surface area contributed by atoms with Crippen molar-refractivity contribution < 1.29 is 0 Å². The molecule has 0 saturated carbocycles. The summed E-state index contributed by atoms with van der Waals surface area (Å²) in [5.74, 6) is 0. The van der Waals surface area contributed by atoms with Crippen LogP contribution in [0.4, 0.5) is 0 Å². The number of nitrogens with zero attached hydrogens (tertiary/aromatic N) is 4. The van der Waals surface area contributed by atoms with Crippen molar-refractivity contribution in [3.05, 3.63) is 57.2 Å². The van der Waals surface area contributed by atoms with Gasteiger partial charge >= 0.3 is 0 Å². The SMILES string of the molecule is CSc1cc2n(Cc3cncc(Cl)c3)c(C)cc(=O)n2n1. The molecular weight excluding hydrogens is 308 g/mol. The van der Waals surface area contributed by atoms with E-state index in [1.807, 2.05) is 29.9 Å². The zero-order valence-electron chi connectivity index (χ0n) is 11.6. The Kier molecular flexibility index (Phi) is 3.73. The molecule has 0 bridgehead atoms. The maximum Gasteiger partial charge on any atom is 0.274 e. The largest absolute Gasteiger partial charge is 0.326 e. The van der Waals surface area contributed by atoms with Crippen LogP contribution in [0.2, 0.25) is 5.02 Å². The lowest BCUT2D eigenvalue weighted by Crippen LogP contribution is -2.20. The zero-order chi connectivity index (χ0) is 15.0. The molecule has 3 heterocycles. The number of rotatable bonds is 3. The number of thioether (sulfide) groups is 1. The average molecular weight is 321 g/mol. The number of aryl methyl sites for hydroxylation is 1. The number of pyridine rings is 1. The number of fused-ring (bicyclic) bond motifs is 1. The highest BCUT2D eigenvalue weighted by Crippen LogP contribution is 2.17. The molecule has 3 aromatic heterocycles. The maximum atomic E-state index is 12.0. The molecule has 0 radical (unpaired) electrons. The van der Waals surface area contributed by atoms with Crippen LogP contribution < -0.4 is 5.56 Å². The first-order valence-electron chi connectivity index (χ1n) is 6.32. The molecule has 0 amide bonds. The smallest absolute Gasteiger partial charge is 0.274 e. The summed E-state index contributed by atoms with van der Waals surface area (Å²) in [4.78, 5) is 16.1. The number of hydrogen-bond acceptors (Lipinski definition) is 4. The quantitative estimate of drug-likeness (QED) is 0.696. The summed E-state index contributed by atoms with van der Waals surface area (Å²) in [7, 11) is 0. The molecule has 0 N–H and O–H groups in total. The Morgan fingerprint density at radius 1 is 1.29 bits per heavy atom. The molecule has 0 unspecified atom stereocenters. The standard InChI is InChI=1S/C14H13ClN4OS/c1-9-3-14(20)19-13(5-12(17-19)21-2)18(9)8-10-4-11(15)7-16-6-10/h3-7H,8H2,1-2H3. The van der Waals surface area contributed by atoms with Crippen LogP contribution in [-0.4, -0.2) is 25.4 Å². The lowest BCUT2D eigenvalue weighted by atomic mass is 10.2. The van der Waals surface area contributed by atoms with E-state index in [0.717, 1.165) is 21.9 Å². The maximum absolute atomic E-state index is 12.0. The topological polar surface area (TPSA) is 52.2 Å². The number of halogens is 1. The van der Waals surface area contributed by atoms with Crippen molar-refractivity contribution in [3.63, 3.8) is 0 Å². The van der Waals surface area contributed by atoms with E-state index in [1.165, 1.54) is 16.3 Å². The summed E-state index contributed by atoms with van der Waals surface area (Å²) in [5, 5.41) is 5.71. The second-order valence-electron chi connectivity index (χ2n) is 4.68. The molecule has 0 fully saturated rings. The van der Waals surface area contributed by atoms with E-state index in [1.54, 1.807) is 18.5 Å². The predicted octanol–water partition coefficient (Wildman–Crippen LogP) is 2.62. The van der Waals surface area contributed by atoms with Crippen molar-refractivity contribution in [2.45, 2.75) is 18.5 Å². The Bertz CT molecular complexity index is 871. The van der Waals surface area contributed by atoms with Crippen molar-refractivity contribution >= 4 is 29.0 Å². The van der Waals surface area contributed by atoms with Gasteiger partial charge in [-0.1, -0.05) is 11.6 Å². The van der Waals surface area contributed by atoms with Gasteiger partial charge in [-0.2, -0.15) is 9.61 Å². The summed E-state index contributed by atoms with van der Waals surface area (Å²) in [6.45, 7) is 2.49. The normalized spacial score (nSPS) is 11.2. The Labute approximate surface area is 130 Å². The van der Waals surface area contributed by atoms with E-state index in [9.17, 15) is 4.79 Å². The molecule has 7 heteroatoms. The van der Waals surface area contributed by atoms with E-state index in [2.05, 4.69) is 10.1 Å². The van der Waals surface area contributed by atoms with E-state index in [-0.39, 0.29) is 5.56 Å². The third-order valence-electron chi connectivity index (χ3n) is 3.22. The van der Waals surface area contributed by atoms with E-state index in [0.29, 0.717) is 11.6 Å². The monoisotopic (exact) mass is 320 g/mol. The molecule has 0 aliphatic carbocycles. The summed E-state index contributed by atoms with van der Waals surface area (Å²) in [6.07, 6.45) is 5.31. The van der Waals surface area contributed by atoms with Gasteiger partial charge in [0.25, 0.3) is 5.56 Å². The van der Waals surface area contributed by atoms with Gasteiger partial charge < -0.3 is 4.57 Å². The molecule has 0 saturated heterocycles. The molecule has 0 aromatic carbocycles. The van der Waals surface area contributed by atoms with Crippen LogP contribution in [0.1, 0.15) is 11.3 Å². The molecular formula is C14H13ClN4OS. The molecule has 5 nitrogen and oxygen atoms in total. The van der Waals surface area contributed by atoms with Crippen molar-refractivity contribution in [3.8, 4) is 0 Å². The molecule has 0 atom stereocenters. The Balaban J connectivity index is 2.17. The first kappa shape index (κ1) is 14.2. The predicted molar refractivity (Wildman–Crippen MR) is 84.3 cm³/mol. The van der Waals surface area contributed by atoms with Crippen molar-refractivity contribution in [2.24, 2.45) is 0 Å². The van der Waals surface area contributed by atoms with Crippen molar-refractivity contribution in [2.75, 3.05) is 6.26 Å². The molecule has 0 spiro atoms. The van der Waals surface area contributed by atoms with Crippen LogP contribution in [0.15, 0.2) is 40.4 Å². The fraction of sp³-hybridized carbons (Fsp3) is 0.214. The Morgan fingerprint density at radius 3 is 2.81 bits per heavy atom. The second-order valence-corrected chi connectivity index (χ2v) is 5.94. The molecule has 21 heavy (non-hydrogen) atoms. The van der Waals surface area contributed by atoms with E-state index in [4.69, 9.17) is 11.6 Å². The van der Waals surface area contributed by atoms with Crippen LogP contribution in [0.25, 0.3) is 5.65 Å². The highest BCUT2D eigenvalue weighted by atomic mass is 35.5. The van der Waals surface area contributed by atoms with Gasteiger partial charge in [0, 0.05) is 30.2 Å². The average Bonchev–Trinajstić information content (AvgIpc) is 2.88. The van der Waals surface area contributed by atoms with Crippen LogP contribution >= 0.6 is 23.4 Å². The fourth-order valence-corrected chi connectivity index (χ4v) is 2.82. The van der Waals surface area contributed by atoms with Gasteiger partial charge in [0.15, 0.2) is 0 Å². The number of aromatic nitrogens is 4. The lowest BCUT2D eigenvalue weighted by molar-refractivity contribution is 0.731. The summed E-state index contributed by atoms with van der Waals surface area (Å²) < 4.78 is 3.46. The highest BCUT2D eigenvalue weighted by molar-refractivity contribution is 7.98. The van der Waals surface area contributed by atoms with Gasteiger partial charge in [-0.25, -0.2) is 0 Å². The fourth-order valence-electron chi connectivity index (χ4n) is 2.23. The van der Waals surface area contributed by atoms with Gasteiger partial charge in [0.2, 0.25) is 0 Å². The van der Waals surface area contributed by atoms with Crippen LogP contribution in [0, 0.1) is 6.92 Å². The van der Waals surface area contributed by atoms with Gasteiger partial charge in [-0.15, -0.1) is 11.8 Å². The third kappa shape index (κ3) is 2.69. The minimum atomic E-state index is -0.122. The first-order chi connectivity index (χ1) is 10.1. The second kappa shape index (κ2) is 5.54. The Hall–Kier alpha value is -1.79. The molecule has 3 rings (SSSR count). The van der Waals surface area contributed by atoms with Crippen LogP contribution in [0.3, 0.4) is 0 Å². The zero-order valence-corrected chi connectivity index (χ0v) is 13.1. The molecule has 108 valence electrons. The molecule has 0 aliphatic heterocycles. The van der Waals surface area contributed by atoms with Crippen LogP contribution in [-0.2, 0) is 6.54 Å². The number of hydrogen-bond donors (Lipinski definition) is 0. The van der Waals surface area contributed by atoms with Crippen LogP contribution in [0.5, 0.6) is 0 Å². The first-order valence-corrected chi connectivity index (χ1v) is 7.92. The summed E-state index contributed by atoms with van der Waals surface area (Å²) in [6, 6.07) is 5.37.